The van der Waals surface area contributed by atoms with Crippen LogP contribution in [0.1, 0.15) is 13.3 Å². The molecule has 1 amide bonds. The number of rotatable bonds is 7. The van der Waals surface area contributed by atoms with Crippen LogP contribution in [0.25, 0.3) is 21.5 Å². The molecule has 2 aromatic carbocycles. The topological polar surface area (TPSA) is 59.8 Å². The standard InChI is InChI=1S/C21H18Cl2N4OS2/c1-2-9-27-20(15-11-29-18-6-4-3-5-14(15)18)25-26-21(27)30-12-19(28)24-17-8-7-13(22)10-16(17)23/h3-8,10-11H,2,9,12H2,1H3,(H,24,28). The van der Waals surface area contributed by atoms with Gasteiger partial charge in [0.25, 0.3) is 0 Å². The van der Waals surface area contributed by atoms with Gasteiger partial charge in [-0.3, -0.25) is 4.79 Å². The second kappa shape index (κ2) is 9.39. The smallest absolute Gasteiger partial charge is 0.234 e. The third-order valence-electron chi connectivity index (χ3n) is 4.42. The lowest BCUT2D eigenvalue weighted by Crippen LogP contribution is -2.15. The van der Waals surface area contributed by atoms with E-state index < -0.39 is 0 Å². The molecule has 154 valence electrons. The van der Waals surface area contributed by atoms with Gasteiger partial charge in [0.15, 0.2) is 11.0 Å². The van der Waals surface area contributed by atoms with Crippen molar-refractivity contribution in [3.63, 3.8) is 0 Å². The first-order valence-corrected chi connectivity index (χ1v) is 12.0. The van der Waals surface area contributed by atoms with E-state index in [0.717, 1.165) is 29.5 Å². The van der Waals surface area contributed by atoms with Crippen molar-refractivity contribution in [2.45, 2.75) is 25.0 Å². The largest absolute Gasteiger partial charge is 0.324 e. The number of thioether (sulfide) groups is 1. The average molecular weight is 477 g/mol. The van der Waals surface area contributed by atoms with Crippen LogP contribution in [-0.4, -0.2) is 26.4 Å². The second-order valence-corrected chi connectivity index (χ2v) is 9.26. The number of carbonyl (C=O) groups excluding carboxylic acids is 1. The summed E-state index contributed by atoms with van der Waals surface area (Å²) < 4.78 is 3.30. The number of fused-ring (bicyclic) bond motifs is 1. The normalized spacial score (nSPS) is 11.2. The van der Waals surface area contributed by atoms with Gasteiger partial charge in [0.2, 0.25) is 5.91 Å². The van der Waals surface area contributed by atoms with E-state index >= 15 is 0 Å². The number of nitrogens with one attached hydrogen (secondary N) is 1. The number of anilines is 1. The highest BCUT2D eigenvalue weighted by atomic mass is 35.5. The third-order valence-corrected chi connectivity index (χ3v) is 6.90. The van der Waals surface area contributed by atoms with Gasteiger partial charge in [-0.2, -0.15) is 0 Å². The van der Waals surface area contributed by atoms with Crippen molar-refractivity contribution in [1.82, 2.24) is 14.8 Å². The summed E-state index contributed by atoms with van der Waals surface area (Å²) in [6.07, 6.45) is 0.938. The van der Waals surface area contributed by atoms with Gasteiger partial charge >= 0.3 is 0 Å². The average Bonchev–Trinajstić information content (AvgIpc) is 3.33. The van der Waals surface area contributed by atoms with E-state index in [9.17, 15) is 4.79 Å². The van der Waals surface area contributed by atoms with Crippen LogP contribution in [0.4, 0.5) is 5.69 Å². The summed E-state index contributed by atoms with van der Waals surface area (Å²) in [5.74, 6) is 0.862. The number of nitrogens with zero attached hydrogens (tertiary/aromatic N) is 3. The van der Waals surface area contributed by atoms with Crippen LogP contribution < -0.4 is 5.32 Å². The molecule has 0 saturated carbocycles. The molecule has 0 saturated heterocycles. The van der Waals surface area contributed by atoms with Crippen LogP contribution in [0.15, 0.2) is 53.0 Å². The number of amides is 1. The van der Waals surface area contributed by atoms with E-state index in [2.05, 4.69) is 44.5 Å². The molecule has 30 heavy (non-hydrogen) atoms. The molecule has 0 atom stereocenters. The fourth-order valence-corrected chi connectivity index (χ4v) is 5.24. The van der Waals surface area contributed by atoms with Crippen molar-refractivity contribution in [1.29, 1.82) is 0 Å². The number of hydrogen-bond donors (Lipinski definition) is 1. The fraction of sp³-hybridized carbons (Fsp3) is 0.190. The van der Waals surface area contributed by atoms with Crippen LogP contribution in [0.5, 0.6) is 0 Å². The first-order valence-electron chi connectivity index (χ1n) is 9.34. The molecule has 5 nitrogen and oxygen atoms in total. The van der Waals surface area contributed by atoms with E-state index in [1.54, 1.807) is 29.5 Å². The zero-order chi connectivity index (χ0) is 21.1. The lowest BCUT2D eigenvalue weighted by Gasteiger charge is -2.09. The molecule has 0 spiro atoms. The molecule has 2 aromatic heterocycles. The summed E-state index contributed by atoms with van der Waals surface area (Å²) in [4.78, 5) is 12.4. The summed E-state index contributed by atoms with van der Waals surface area (Å²) in [7, 11) is 0. The molecule has 0 bridgehead atoms. The summed E-state index contributed by atoms with van der Waals surface area (Å²) in [5.41, 5.74) is 1.60. The molecule has 1 N–H and O–H groups in total. The molecule has 0 aliphatic heterocycles. The summed E-state index contributed by atoms with van der Waals surface area (Å²) in [6, 6.07) is 13.2. The Balaban J connectivity index is 1.52. The Hall–Kier alpha value is -2.06. The molecule has 0 unspecified atom stereocenters. The van der Waals surface area contributed by atoms with E-state index in [1.807, 2.05) is 12.1 Å². The van der Waals surface area contributed by atoms with Crippen LogP contribution in [-0.2, 0) is 11.3 Å². The van der Waals surface area contributed by atoms with Gasteiger partial charge in [-0.15, -0.1) is 21.5 Å². The van der Waals surface area contributed by atoms with Gasteiger partial charge in [0.1, 0.15) is 0 Å². The van der Waals surface area contributed by atoms with Gasteiger partial charge in [0, 0.05) is 32.6 Å². The maximum Gasteiger partial charge on any atom is 0.234 e. The van der Waals surface area contributed by atoms with Crippen molar-refractivity contribution in [3.05, 3.63) is 57.9 Å². The van der Waals surface area contributed by atoms with Crippen molar-refractivity contribution in [2.24, 2.45) is 0 Å². The van der Waals surface area contributed by atoms with Crippen molar-refractivity contribution in [3.8, 4) is 11.4 Å². The van der Waals surface area contributed by atoms with Crippen LogP contribution >= 0.6 is 46.3 Å². The summed E-state index contributed by atoms with van der Waals surface area (Å²) in [5, 5.41) is 16.5. The predicted molar refractivity (Wildman–Crippen MR) is 127 cm³/mol. The van der Waals surface area contributed by atoms with E-state index in [1.165, 1.54) is 21.8 Å². The Morgan fingerprint density at radius 1 is 1.20 bits per heavy atom. The summed E-state index contributed by atoms with van der Waals surface area (Å²) in [6.45, 7) is 2.89. The Labute approximate surface area is 192 Å². The minimum atomic E-state index is -0.169. The Kier molecular flexibility index (Phi) is 6.63. The number of thiophene rings is 1. The highest BCUT2D eigenvalue weighted by Crippen LogP contribution is 2.34. The Bertz CT molecular complexity index is 1200. The number of halogens is 2. The molecular formula is C21H18Cl2N4OS2. The minimum Gasteiger partial charge on any atom is -0.324 e. The van der Waals surface area contributed by atoms with Crippen molar-refractivity contribution < 1.29 is 4.79 Å². The first kappa shape index (κ1) is 21.2. The minimum absolute atomic E-state index is 0.169. The van der Waals surface area contributed by atoms with E-state index in [-0.39, 0.29) is 11.7 Å². The van der Waals surface area contributed by atoms with Crippen molar-refractivity contribution in [2.75, 3.05) is 11.1 Å². The molecule has 0 fully saturated rings. The number of carbonyl (C=O) groups is 1. The van der Waals surface area contributed by atoms with Crippen LogP contribution in [0, 0.1) is 0 Å². The number of hydrogen-bond acceptors (Lipinski definition) is 5. The molecule has 9 heteroatoms. The second-order valence-electron chi connectivity index (χ2n) is 6.56. The highest BCUT2D eigenvalue weighted by molar-refractivity contribution is 7.99. The fourth-order valence-electron chi connectivity index (χ4n) is 3.08. The lowest BCUT2D eigenvalue weighted by molar-refractivity contribution is -0.113. The monoisotopic (exact) mass is 476 g/mol. The van der Waals surface area contributed by atoms with Gasteiger partial charge in [-0.05, 0) is 30.7 Å². The molecule has 4 aromatic rings. The third kappa shape index (κ3) is 4.49. The van der Waals surface area contributed by atoms with Gasteiger partial charge in [-0.25, -0.2) is 0 Å². The van der Waals surface area contributed by atoms with E-state index in [4.69, 9.17) is 23.2 Å². The van der Waals surface area contributed by atoms with Crippen LogP contribution in [0.3, 0.4) is 0 Å². The SMILES string of the molecule is CCCn1c(SCC(=O)Nc2ccc(Cl)cc2Cl)nnc1-c1csc2ccccc12. The maximum atomic E-state index is 12.4. The Morgan fingerprint density at radius 2 is 2.03 bits per heavy atom. The Morgan fingerprint density at radius 3 is 2.83 bits per heavy atom. The van der Waals surface area contributed by atoms with Gasteiger partial charge < -0.3 is 9.88 Å². The lowest BCUT2D eigenvalue weighted by atomic mass is 10.1. The van der Waals surface area contributed by atoms with E-state index in [0.29, 0.717) is 15.7 Å². The molecule has 0 aliphatic rings. The molecule has 2 heterocycles. The van der Waals surface area contributed by atoms with Crippen LogP contribution in [0.2, 0.25) is 10.0 Å². The summed E-state index contributed by atoms with van der Waals surface area (Å²) >= 11 is 15.1. The molecular weight excluding hydrogens is 459 g/mol. The van der Waals surface area contributed by atoms with Crippen molar-refractivity contribution >= 4 is 68.0 Å². The highest BCUT2D eigenvalue weighted by Gasteiger charge is 2.18. The number of benzene rings is 2. The zero-order valence-corrected chi connectivity index (χ0v) is 19.2. The first-order chi connectivity index (χ1) is 14.6. The molecule has 0 radical (unpaired) electrons. The van der Waals surface area contributed by atoms with Gasteiger partial charge in [0.05, 0.1) is 16.5 Å². The molecule has 4 rings (SSSR count). The molecule has 0 aliphatic carbocycles. The maximum absolute atomic E-state index is 12.4. The quantitative estimate of drug-likeness (QED) is 0.305. The predicted octanol–water partition coefficient (Wildman–Crippen LogP) is 6.61. The number of aromatic nitrogens is 3. The van der Waals surface area contributed by atoms with Gasteiger partial charge in [-0.1, -0.05) is 60.1 Å². The zero-order valence-electron chi connectivity index (χ0n) is 16.1.